The number of methoxy groups -OCH3 is 2. The number of hydrogen-bond donors (Lipinski definition) is 2. The van der Waals surface area contributed by atoms with Gasteiger partial charge in [0.2, 0.25) is 5.91 Å². The molecule has 1 aliphatic rings. The zero-order valence-corrected chi connectivity index (χ0v) is 18.6. The summed E-state index contributed by atoms with van der Waals surface area (Å²) in [4.78, 5) is 23.1. The normalized spacial score (nSPS) is 19.4. The first-order valence-electron chi connectivity index (χ1n) is 10.6. The molecule has 9 nitrogen and oxygen atoms in total. The molecule has 0 radical (unpaired) electrons. The van der Waals surface area contributed by atoms with Gasteiger partial charge in [0.25, 0.3) is 5.88 Å². The molecule has 4 rings (SSSR count). The van der Waals surface area contributed by atoms with Gasteiger partial charge >= 0.3 is 0 Å². The zero-order valence-electron chi connectivity index (χ0n) is 18.6. The number of rotatable bonds is 7. The predicted octanol–water partition coefficient (Wildman–Crippen LogP) is 3.16. The number of benzene rings is 1. The maximum atomic E-state index is 13.6. The minimum atomic E-state index is -0.633. The Morgan fingerprint density at radius 3 is 2.78 bits per heavy atom. The summed E-state index contributed by atoms with van der Waals surface area (Å²) in [6.45, 7) is 4.13. The van der Waals surface area contributed by atoms with Gasteiger partial charge in [0.15, 0.2) is 5.76 Å². The lowest BCUT2D eigenvalue weighted by Crippen LogP contribution is -2.37. The van der Waals surface area contributed by atoms with Crippen molar-refractivity contribution in [1.82, 2.24) is 20.0 Å². The molecule has 3 atom stereocenters. The second-order valence-corrected chi connectivity index (χ2v) is 8.30. The smallest absolute Gasteiger partial charge is 0.254 e. The monoisotopic (exact) mass is 440 g/mol. The third-order valence-electron chi connectivity index (χ3n) is 5.81. The van der Waals surface area contributed by atoms with Crippen LogP contribution in [0, 0.1) is 5.92 Å². The number of nitrogens with zero attached hydrogens (tertiary/aromatic N) is 3. The summed E-state index contributed by atoms with van der Waals surface area (Å²) in [5.41, 5.74) is 1.74. The van der Waals surface area contributed by atoms with E-state index in [1.807, 2.05) is 38.1 Å². The molecular formula is C23H28N4O5. The molecule has 3 heterocycles. The van der Waals surface area contributed by atoms with Crippen LogP contribution in [0.15, 0.2) is 41.1 Å². The third kappa shape index (κ3) is 4.20. The predicted molar refractivity (Wildman–Crippen MR) is 116 cm³/mol. The second-order valence-electron chi connectivity index (χ2n) is 8.30. The van der Waals surface area contributed by atoms with Crippen molar-refractivity contribution in [3.8, 4) is 22.9 Å². The topological polar surface area (TPSA) is 114 Å². The van der Waals surface area contributed by atoms with Gasteiger partial charge in [-0.05, 0) is 23.2 Å². The van der Waals surface area contributed by atoms with E-state index in [4.69, 9.17) is 14.0 Å². The molecule has 0 aliphatic carbocycles. The number of hydrogen-bond acceptors (Lipinski definition) is 7. The molecule has 3 aromatic rings. The van der Waals surface area contributed by atoms with Gasteiger partial charge in [0.05, 0.1) is 38.3 Å². The van der Waals surface area contributed by atoms with Crippen LogP contribution in [-0.2, 0) is 4.79 Å². The van der Waals surface area contributed by atoms with E-state index < -0.39 is 12.0 Å². The number of carbonyl (C=O) groups is 1. The first-order valence-corrected chi connectivity index (χ1v) is 10.6. The molecule has 0 spiro atoms. The highest BCUT2D eigenvalue weighted by molar-refractivity contribution is 5.84. The Labute approximate surface area is 186 Å². The fourth-order valence-corrected chi connectivity index (χ4v) is 4.19. The van der Waals surface area contributed by atoms with Crippen molar-refractivity contribution < 1.29 is 23.9 Å². The molecule has 0 saturated carbocycles. The number of carbonyl (C=O) groups excluding carboxylic acids is 1. The molecule has 0 bridgehead atoms. The number of ether oxygens (including phenoxy) is 2. The van der Waals surface area contributed by atoms with E-state index in [0.717, 1.165) is 17.0 Å². The number of H-pyrrole nitrogens is 1. The molecule has 2 N–H and O–H groups in total. The van der Waals surface area contributed by atoms with E-state index in [1.165, 1.54) is 7.11 Å². The average Bonchev–Trinajstić information content (AvgIpc) is 3.53. The second kappa shape index (κ2) is 9.04. The van der Waals surface area contributed by atoms with Crippen LogP contribution >= 0.6 is 0 Å². The highest BCUT2D eigenvalue weighted by Gasteiger charge is 2.42. The number of likely N-dealkylation sites (tertiary alicyclic amines) is 1. The molecule has 1 fully saturated rings. The van der Waals surface area contributed by atoms with Gasteiger partial charge < -0.3 is 29.0 Å². The van der Waals surface area contributed by atoms with Crippen molar-refractivity contribution in [3.63, 3.8) is 0 Å². The lowest BCUT2D eigenvalue weighted by Gasteiger charge is -2.28. The van der Waals surface area contributed by atoms with Crippen LogP contribution in [0.1, 0.15) is 43.8 Å². The number of aromatic amines is 1. The zero-order chi connectivity index (χ0) is 22.8. The largest absolute Gasteiger partial charge is 0.497 e. The van der Waals surface area contributed by atoms with Crippen molar-refractivity contribution in [2.24, 2.45) is 5.92 Å². The summed E-state index contributed by atoms with van der Waals surface area (Å²) in [7, 11) is 3.12. The number of imidazole rings is 1. The molecule has 32 heavy (non-hydrogen) atoms. The molecule has 9 heteroatoms. The van der Waals surface area contributed by atoms with E-state index in [1.54, 1.807) is 24.3 Å². The minimum Gasteiger partial charge on any atom is -0.497 e. The van der Waals surface area contributed by atoms with Crippen LogP contribution < -0.4 is 9.47 Å². The quantitative estimate of drug-likeness (QED) is 0.580. The fourth-order valence-electron chi connectivity index (χ4n) is 4.19. The lowest BCUT2D eigenvalue weighted by atomic mass is 9.91. The number of aromatic nitrogens is 3. The Hall–Kier alpha value is -3.33. The minimum absolute atomic E-state index is 0.0394. The number of amides is 1. The van der Waals surface area contributed by atoms with Gasteiger partial charge in [-0.1, -0.05) is 26.0 Å². The van der Waals surface area contributed by atoms with Gasteiger partial charge in [-0.15, -0.1) is 0 Å². The first-order chi connectivity index (χ1) is 15.4. The van der Waals surface area contributed by atoms with Crippen LogP contribution in [0.5, 0.6) is 11.6 Å². The maximum Gasteiger partial charge on any atom is 0.254 e. The molecule has 170 valence electrons. The van der Waals surface area contributed by atoms with Gasteiger partial charge in [-0.3, -0.25) is 4.79 Å². The Balaban J connectivity index is 1.61. The highest BCUT2D eigenvalue weighted by Crippen LogP contribution is 2.37. The summed E-state index contributed by atoms with van der Waals surface area (Å²) in [6, 6.07) is 8.91. The maximum absolute atomic E-state index is 13.6. The Morgan fingerprint density at radius 2 is 2.09 bits per heavy atom. The van der Waals surface area contributed by atoms with Crippen molar-refractivity contribution in [2.75, 3.05) is 20.8 Å². The lowest BCUT2D eigenvalue weighted by molar-refractivity contribution is -0.135. The summed E-state index contributed by atoms with van der Waals surface area (Å²) in [5.74, 6) is 1.41. The SMILES string of the molecule is COc1cccc(-c2cnc([C@@H]3C[C@@H](O)CN3C(=O)C(c3cc(OC)no3)C(C)C)[nH]2)c1. The van der Waals surface area contributed by atoms with Crippen LogP contribution in [0.4, 0.5) is 0 Å². The van der Waals surface area contributed by atoms with Gasteiger partial charge in [0.1, 0.15) is 17.5 Å². The summed E-state index contributed by atoms with van der Waals surface area (Å²) >= 11 is 0. The molecule has 2 aromatic heterocycles. The molecule has 1 saturated heterocycles. The van der Waals surface area contributed by atoms with Crippen molar-refractivity contribution >= 4 is 5.91 Å². The Bertz CT molecular complexity index is 1080. The number of β-amino-alcohol motifs (C(OH)–C–C–N with tert-alkyl or cyclic N) is 1. The van der Waals surface area contributed by atoms with Crippen LogP contribution in [-0.4, -0.2) is 57.9 Å². The van der Waals surface area contributed by atoms with Crippen molar-refractivity contribution in [3.05, 3.63) is 48.1 Å². The Kier molecular flexibility index (Phi) is 6.18. The first kappa shape index (κ1) is 21.9. The van der Waals surface area contributed by atoms with Crippen LogP contribution in [0.3, 0.4) is 0 Å². The van der Waals surface area contributed by atoms with Crippen molar-refractivity contribution in [2.45, 2.75) is 38.3 Å². The summed E-state index contributed by atoms with van der Waals surface area (Å²) in [5, 5.41) is 14.2. The number of aliphatic hydroxyl groups is 1. The molecular weight excluding hydrogens is 412 g/mol. The van der Waals surface area contributed by atoms with Gasteiger partial charge in [-0.25, -0.2) is 4.98 Å². The van der Waals surface area contributed by atoms with E-state index in [-0.39, 0.29) is 24.4 Å². The van der Waals surface area contributed by atoms with Crippen LogP contribution in [0.25, 0.3) is 11.3 Å². The fraction of sp³-hybridized carbons (Fsp3) is 0.435. The standard InChI is InChI=1S/C23H28N4O5/c1-13(2)21(19-10-20(31-4)26-32-19)23(29)27-12-15(28)9-18(27)22-24-11-17(25-22)14-6-5-7-16(8-14)30-3/h5-8,10-11,13,15,18,21,28H,9,12H2,1-4H3,(H,24,25)/t15-,18+,21?/m1/s1. The molecule has 1 amide bonds. The van der Waals surface area contributed by atoms with E-state index in [2.05, 4.69) is 15.1 Å². The number of aliphatic hydroxyl groups excluding tert-OH is 1. The van der Waals surface area contributed by atoms with Gasteiger partial charge in [-0.2, -0.15) is 0 Å². The molecule has 1 unspecified atom stereocenters. The van der Waals surface area contributed by atoms with E-state index in [0.29, 0.717) is 23.9 Å². The van der Waals surface area contributed by atoms with Crippen molar-refractivity contribution in [1.29, 1.82) is 0 Å². The van der Waals surface area contributed by atoms with Gasteiger partial charge in [0, 0.05) is 24.6 Å². The third-order valence-corrected chi connectivity index (χ3v) is 5.81. The summed E-state index contributed by atoms with van der Waals surface area (Å²) < 4.78 is 15.8. The Morgan fingerprint density at radius 1 is 1.28 bits per heavy atom. The van der Waals surface area contributed by atoms with E-state index in [9.17, 15) is 9.90 Å². The number of nitrogens with one attached hydrogen (secondary N) is 1. The molecule has 1 aromatic carbocycles. The molecule has 1 aliphatic heterocycles. The summed E-state index contributed by atoms with van der Waals surface area (Å²) in [6.07, 6.45) is 1.51. The van der Waals surface area contributed by atoms with E-state index >= 15 is 0 Å². The van der Waals surface area contributed by atoms with Crippen LogP contribution in [0.2, 0.25) is 0 Å². The average molecular weight is 441 g/mol. The highest BCUT2D eigenvalue weighted by atomic mass is 16.5.